The van der Waals surface area contributed by atoms with Crippen molar-refractivity contribution >= 4 is 18.2 Å². The van der Waals surface area contributed by atoms with Crippen LogP contribution in [0.15, 0.2) is 24.3 Å². The standard InChI is InChI=1S/C18H16O7/c1-9-7-11(8-19)10(2)16(24-3)15(9)25-18(23)14-12(17(21)22)5-4-6-13(14)20/h4-8,20H,1-3H3,(H,21,22). The van der Waals surface area contributed by atoms with E-state index < -0.39 is 23.3 Å². The zero-order chi connectivity index (χ0) is 18.7. The minimum absolute atomic E-state index is 0.0511. The number of aromatic hydroxyl groups is 1. The predicted molar refractivity (Wildman–Crippen MR) is 87.9 cm³/mol. The molecule has 0 atom stereocenters. The average Bonchev–Trinajstić information content (AvgIpc) is 2.57. The number of aryl methyl sites for hydroxylation is 1. The Morgan fingerprint density at radius 3 is 2.40 bits per heavy atom. The van der Waals surface area contributed by atoms with E-state index in [1.54, 1.807) is 13.8 Å². The quantitative estimate of drug-likeness (QED) is 0.487. The molecule has 130 valence electrons. The monoisotopic (exact) mass is 344 g/mol. The summed E-state index contributed by atoms with van der Waals surface area (Å²) in [5, 5.41) is 19.1. The number of rotatable bonds is 5. The Kier molecular flexibility index (Phi) is 5.07. The van der Waals surface area contributed by atoms with Gasteiger partial charge in [-0.1, -0.05) is 6.07 Å². The van der Waals surface area contributed by atoms with Crippen LogP contribution in [0.25, 0.3) is 0 Å². The van der Waals surface area contributed by atoms with Gasteiger partial charge in [0.2, 0.25) is 0 Å². The van der Waals surface area contributed by atoms with E-state index in [4.69, 9.17) is 9.47 Å². The minimum Gasteiger partial charge on any atom is -0.507 e. The number of phenolic OH excluding ortho intramolecular Hbond substituents is 1. The molecule has 0 aliphatic heterocycles. The van der Waals surface area contributed by atoms with E-state index in [1.807, 2.05) is 0 Å². The van der Waals surface area contributed by atoms with Gasteiger partial charge in [-0.25, -0.2) is 9.59 Å². The first-order valence-corrected chi connectivity index (χ1v) is 7.22. The molecule has 0 radical (unpaired) electrons. The number of hydrogen-bond donors (Lipinski definition) is 2. The van der Waals surface area contributed by atoms with Crippen molar-refractivity contribution < 1.29 is 34.1 Å². The number of carbonyl (C=O) groups excluding carboxylic acids is 2. The summed E-state index contributed by atoms with van der Waals surface area (Å²) in [5.41, 5.74) is 0.450. The van der Waals surface area contributed by atoms with Gasteiger partial charge in [0.05, 0.1) is 12.7 Å². The van der Waals surface area contributed by atoms with Crippen LogP contribution in [0.3, 0.4) is 0 Å². The summed E-state index contributed by atoms with van der Waals surface area (Å²) in [6.07, 6.45) is 0.655. The zero-order valence-corrected chi connectivity index (χ0v) is 13.8. The maximum Gasteiger partial charge on any atom is 0.348 e. The normalized spacial score (nSPS) is 10.2. The molecular formula is C18H16O7. The fourth-order valence-corrected chi connectivity index (χ4v) is 2.46. The summed E-state index contributed by atoms with van der Waals surface area (Å²) in [4.78, 5) is 34.9. The Morgan fingerprint density at radius 2 is 1.84 bits per heavy atom. The van der Waals surface area contributed by atoms with Crippen molar-refractivity contribution in [3.8, 4) is 17.2 Å². The Hall–Kier alpha value is -3.35. The zero-order valence-electron chi connectivity index (χ0n) is 13.8. The first-order valence-electron chi connectivity index (χ1n) is 7.22. The molecule has 0 spiro atoms. The first-order chi connectivity index (χ1) is 11.8. The maximum absolute atomic E-state index is 12.5. The highest BCUT2D eigenvalue weighted by Gasteiger charge is 2.25. The molecule has 0 saturated heterocycles. The van der Waals surface area contributed by atoms with E-state index in [0.29, 0.717) is 23.0 Å². The first kappa shape index (κ1) is 18.0. The van der Waals surface area contributed by atoms with E-state index >= 15 is 0 Å². The SMILES string of the molecule is COc1c(C)c(C=O)cc(C)c1OC(=O)c1c(O)cccc1C(=O)O. The molecule has 2 aromatic rings. The number of carbonyl (C=O) groups is 3. The van der Waals surface area contributed by atoms with Crippen LogP contribution in [0.4, 0.5) is 0 Å². The van der Waals surface area contributed by atoms with Crippen LogP contribution in [-0.2, 0) is 0 Å². The van der Waals surface area contributed by atoms with Crippen molar-refractivity contribution in [3.05, 3.63) is 52.1 Å². The number of aromatic carboxylic acids is 1. The molecule has 0 saturated carbocycles. The number of ether oxygens (including phenoxy) is 2. The van der Waals surface area contributed by atoms with Crippen LogP contribution >= 0.6 is 0 Å². The van der Waals surface area contributed by atoms with Gasteiger partial charge in [-0.2, -0.15) is 0 Å². The molecule has 2 rings (SSSR count). The van der Waals surface area contributed by atoms with Crippen molar-refractivity contribution in [2.45, 2.75) is 13.8 Å². The number of carboxylic acid groups (broad SMARTS) is 1. The third-order valence-corrected chi connectivity index (χ3v) is 3.71. The van der Waals surface area contributed by atoms with Gasteiger partial charge in [0.25, 0.3) is 0 Å². The lowest BCUT2D eigenvalue weighted by atomic mass is 10.0. The maximum atomic E-state index is 12.5. The van der Waals surface area contributed by atoms with E-state index in [2.05, 4.69) is 0 Å². The van der Waals surface area contributed by atoms with Gasteiger partial charge in [0.15, 0.2) is 11.5 Å². The van der Waals surface area contributed by atoms with Gasteiger partial charge in [-0.3, -0.25) is 4.79 Å². The lowest BCUT2D eigenvalue weighted by Crippen LogP contribution is -2.16. The third-order valence-electron chi connectivity index (χ3n) is 3.71. The highest BCUT2D eigenvalue weighted by atomic mass is 16.6. The molecule has 0 aromatic heterocycles. The minimum atomic E-state index is -1.38. The summed E-state index contributed by atoms with van der Waals surface area (Å²) in [7, 11) is 1.36. The van der Waals surface area contributed by atoms with Crippen LogP contribution < -0.4 is 9.47 Å². The van der Waals surface area contributed by atoms with Crippen molar-refractivity contribution in [2.24, 2.45) is 0 Å². The number of benzene rings is 2. The molecule has 7 heteroatoms. The third kappa shape index (κ3) is 3.30. The highest BCUT2D eigenvalue weighted by molar-refractivity contribution is 6.05. The number of esters is 1. The van der Waals surface area contributed by atoms with Gasteiger partial charge in [0.1, 0.15) is 17.6 Å². The summed E-state index contributed by atoms with van der Waals surface area (Å²) >= 11 is 0. The predicted octanol–water partition coefficient (Wildman–Crippen LogP) is 2.75. The molecule has 25 heavy (non-hydrogen) atoms. The van der Waals surface area contributed by atoms with E-state index in [1.165, 1.54) is 31.4 Å². The molecule has 0 fully saturated rings. The van der Waals surface area contributed by atoms with Gasteiger partial charge in [-0.05, 0) is 37.6 Å². The van der Waals surface area contributed by atoms with Crippen LogP contribution in [0.2, 0.25) is 0 Å². The number of carboxylic acids is 1. The molecule has 0 aliphatic rings. The lowest BCUT2D eigenvalue weighted by molar-refractivity contribution is 0.0663. The largest absolute Gasteiger partial charge is 0.507 e. The van der Waals surface area contributed by atoms with Crippen LogP contribution in [0.1, 0.15) is 42.2 Å². The molecular weight excluding hydrogens is 328 g/mol. The summed E-state index contributed by atoms with van der Waals surface area (Å²) < 4.78 is 10.5. The second-order valence-electron chi connectivity index (χ2n) is 5.28. The molecule has 2 aromatic carbocycles. The Labute approximate surface area is 143 Å². The summed E-state index contributed by atoms with van der Waals surface area (Å²) in [6, 6.07) is 5.21. The van der Waals surface area contributed by atoms with Crippen LogP contribution in [0.5, 0.6) is 17.2 Å². The molecule has 0 bridgehead atoms. The summed E-state index contributed by atoms with van der Waals surface area (Å²) in [5.74, 6) is -2.70. The van der Waals surface area contributed by atoms with Gasteiger partial charge >= 0.3 is 11.9 Å². The molecule has 7 nitrogen and oxygen atoms in total. The van der Waals surface area contributed by atoms with Gasteiger partial charge < -0.3 is 19.7 Å². The fourth-order valence-electron chi connectivity index (χ4n) is 2.46. The molecule has 0 amide bonds. The number of methoxy groups -OCH3 is 1. The number of aldehydes is 1. The number of phenols is 1. The van der Waals surface area contributed by atoms with Crippen molar-refractivity contribution in [2.75, 3.05) is 7.11 Å². The van der Waals surface area contributed by atoms with E-state index in [0.717, 1.165) is 0 Å². The van der Waals surface area contributed by atoms with Gasteiger partial charge in [-0.15, -0.1) is 0 Å². The Morgan fingerprint density at radius 1 is 1.16 bits per heavy atom. The number of hydrogen-bond acceptors (Lipinski definition) is 6. The van der Waals surface area contributed by atoms with Crippen LogP contribution in [-0.4, -0.2) is 35.5 Å². The topological polar surface area (TPSA) is 110 Å². The van der Waals surface area contributed by atoms with Crippen molar-refractivity contribution in [3.63, 3.8) is 0 Å². The summed E-state index contributed by atoms with van der Waals surface area (Å²) in [6.45, 7) is 3.24. The van der Waals surface area contributed by atoms with Crippen molar-refractivity contribution in [1.29, 1.82) is 0 Å². The Bertz CT molecular complexity index is 868. The second kappa shape index (κ2) is 7.04. The second-order valence-corrected chi connectivity index (χ2v) is 5.28. The molecule has 2 N–H and O–H groups in total. The van der Waals surface area contributed by atoms with Crippen LogP contribution in [0, 0.1) is 13.8 Å². The molecule has 0 heterocycles. The lowest BCUT2D eigenvalue weighted by Gasteiger charge is -2.16. The average molecular weight is 344 g/mol. The fraction of sp³-hybridized carbons (Fsp3) is 0.167. The van der Waals surface area contributed by atoms with Crippen molar-refractivity contribution in [1.82, 2.24) is 0 Å². The van der Waals surface area contributed by atoms with E-state index in [-0.39, 0.29) is 17.1 Å². The molecule has 0 aliphatic carbocycles. The highest BCUT2D eigenvalue weighted by Crippen LogP contribution is 2.37. The van der Waals surface area contributed by atoms with Gasteiger partial charge in [0, 0.05) is 11.1 Å². The Balaban J connectivity index is 2.55. The van der Waals surface area contributed by atoms with E-state index in [9.17, 15) is 24.6 Å². The molecule has 0 unspecified atom stereocenters. The smallest absolute Gasteiger partial charge is 0.348 e.